The maximum atomic E-state index is 6.08. The predicted molar refractivity (Wildman–Crippen MR) is 53.2 cm³/mol. The van der Waals surface area contributed by atoms with Crippen molar-refractivity contribution in [3.63, 3.8) is 0 Å². The number of ether oxygens (including phenoxy) is 1. The average Bonchev–Trinajstić information content (AvgIpc) is 2.37. The van der Waals surface area contributed by atoms with Crippen LogP contribution in [0.4, 0.5) is 0 Å². The highest BCUT2D eigenvalue weighted by Gasteiger charge is 2.57. The lowest BCUT2D eigenvalue weighted by Crippen LogP contribution is -2.33. The first-order valence-electron chi connectivity index (χ1n) is 5.32. The quantitative estimate of drug-likeness (QED) is 0.586. The minimum absolute atomic E-state index is 0.0586. The molecule has 0 saturated heterocycles. The zero-order chi connectivity index (χ0) is 9.92. The third-order valence-corrected chi connectivity index (χ3v) is 3.28. The second-order valence-corrected chi connectivity index (χ2v) is 5.45. The van der Waals surface area contributed by atoms with E-state index in [-0.39, 0.29) is 5.60 Å². The van der Waals surface area contributed by atoms with Crippen molar-refractivity contribution in [1.82, 2.24) is 0 Å². The number of nitrogens with zero attached hydrogens (tertiary/aromatic N) is 2. The third-order valence-electron chi connectivity index (χ3n) is 3.28. The van der Waals surface area contributed by atoms with Crippen molar-refractivity contribution in [2.75, 3.05) is 0 Å². The number of hydrogen-bond donors (Lipinski definition) is 0. The Morgan fingerprint density at radius 1 is 1.00 bits per heavy atom. The lowest BCUT2D eigenvalue weighted by Gasteiger charge is -2.27. The summed E-state index contributed by atoms with van der Waals surface area (Å²) in [5, 5.41) is 8.38. The van der Waals surface area contributed by atoms with Crippen LogP contribution in [0.3, 0.4) is 0 Å². The van der Waals surface area contributed by atoms with Crippen LogP contribution in [-0.2, 0) is 4.74 Å². The monoisotopic (exact) mass is 192 g/mol. The molecular weight excluding hydrogens is 176 g/mol. The summed E-state index contributed by atoms with van der Waals surface area (Å²) >= 11 is 0. The first kappa shape index (κ1) is 8.60. The van der Waals surface area contributed by atoms with Gasteiger partial charge in [0.2, 0.25) is 0 Å². The van der Waals surface area contributed by atoms with Crippen molar-refractivity contribution in [3.05, 3.63) is 12.2 Å². The minimum Gasteiger partial charge on any atom is -0.371 e. The van der Waals surface area contributed by atoms with E-state index in [4.69, 9.17) is 4.74 Å². The van der Waals surface area contributed by atoms with Crippen LogP contribution in [0.15, 0.2) is 22.4 Å². The third kappa shape index (κ3) is 1.02. The van der Waals surface area contributed by atoms with E-state index in [1.165, 1.54) is 0 Å². The van der Waals surface area contributed by atoms with Crippen LogP contribution in [0.1, 0.15) is 20.8 Å². The van der Waals surface area contributed by atoms with E-state index >= 15 is 0 Å². The molecule has 1 heterocycles. The molecule has 0 aromatic rings. The summed E-state index contributed by atoms with van der Waals surface area (Å²) in [6, 6.07) is 0.856. The molecule has 0 spiro atoms. The van der Waals surface area contributed by atoms with E-state index in [0.29, 0.717) is 30.0 Å². The molecule has 0 aromatic heterocycles. The Hall–Kier alpha value is -0.700. The van der Waals surface area contributed by atoms with Gasteiger partial charge in [0.05, 0.1) is 11.7 Å². The Morgan fingerprint density at radius 3 is 1.86 bits per heavy atom. The van der Waals surface area contributed by atoms with Crippen LogP contribution in [0, 0.1) is 11.8 Å². The summed E-state index contributed by atoms with van der Waals surface area (Å²) in [5.74, 6) is 0.975. The molecule has 0 amide bonds. The Morgan fingerprint density at radius 2 is 1.50 bits per heavy atom. The topological polar surface area (TPSA) is 34.0 Å². The molecular formula is C11H16N2O. The molecule has 2 aliphatic carbocycles. The summed E-state index contributed by atoms with van der Waals surface area (Å²) in [4.78, 5) is 0. The van der Waals surface area contributed by atoms with Gasteiger partial charge in [-0.05, 0) is 20.8 Å². The number of rotatable bonds is 1. The van der Waals surface area contributed by atoms with Gasteiger partial charge in [-0.25, -0.2) is 0 Å². The van der Waals surface area contributed by atoms with E-state index < -0.39 is 0 Å². The van der Waals surface area contributed by atoms with Crippen molar-refractivity contribution in [2.45, 2.75) is 44.6 Å². The molecule has 1 saturated carbocycles. The molecule has 76 valence electrons. The number of hydrogen-bond acceptors (Lipinski definition) is 3. The highest BCUT2D eigenvalue weighted by molar-refractivity contribution is 5.26. The van der Waals surface area contributed by atoms with Crippen molar-refractivity contribution in [3.8, 4) is 0 Å². The first-order chi connectivity index (χ1) is 6.56. The van der Waals surface area contributed by atoms with Crippen LogP contribution in [0.5, 0.6) is 0 Å². The molecule has 4 atom stereocenters. The van der Waals surface area contributed by atoms with E-state index in [1.54, 1.807) is 0 Å². The molecule has 0 radical (unpaired) electrons. The van der Waals surface area contributed by atoms with E-state index in [0.717, 1.165) is 0 Å². The Labute approximate surface area is 84.2 Å². The largest absolute Gasteiger partial charge is 0.371 e. The van der Waals surface area contributed by atoms with Crippen molar-refractivity contribution in [2.24, 2.45) is 22.1 Å². The maximum absolute atomic E-state index is 6.08. The van der Waals surface area contributed by atoms with Crippen LogP contribution < -0.4 is 0 Å². The molecule has 3 nitrogen and oxygen atoms in total. The van der Waals surface area contributed by atoms with Gasteiger partial charge in [-0.2, -0.15) is 10.2 Å². The van der Waals surface area contributed by atoms with Gasteiger partial charge in [-0.1, -0.05) is 12.2 Å². The fourth-order valence-corrected chi connectivity index (χ4v) is 2.74. The molecule has 3 rings (SSSR count). The van der Waals surface area contributed by atoms with E-state index in [9.17, 15) is 0 Å². The molecule has 14 heavy (non-hydrogen) atoms. The first-order valence-corrected chi connectivity index (χ1v) is 5.32. The zero-order valence-corrected chi connectivity index (χ0v) is 8.84. The van der Waals surface area contributed by atoms with Crippen molar-refractivity contribution >= 4 is 0 Å². The highest BCUT2D eigenvalue weighted by atomic mass is 16.5. The molecule has 3 heteroatoms. The predicted octanol–water partition coefficient (Wildman–Crippen LogP) is 2.19. The van der Waals surface area contributed by atoms with Crippen LogP contribution >= 0.6 is 0 Å². The van der Waals surface area contributed by atoms with Gasteiger partial charge < -0.3 is 4.74 Å². The Balaban J connectivity index is 1.80. The number of azo groups is 1. The fraction of sp³-hybridized carbons (Fsp3) is 0.818. The zero-order valence-electron chi connectivity index (χ0n) is 8.84. The molecule has 3 aliphatic rings. The van der Waals surface area contributed by atoms with Crippen LogP contribution in [-0.4, -0.2) is 23.8 Å². The molecule has 0 aromatic carbocycles. The number of fused-ring (bicyclic) bond motifs is 5. The van der Waals surface area contributed by atoms with Gasteiger partial charge in [0.25, 0.3) is 0 Å². The Bertz CT molecular complexity index is 294. The van der Waals surface area contributed by atoms with Gasteiger partial charge in [0, 0.05) is 11.8 Å². The van der Waals surface area contributed by atoms with Crippen LogP contribution in [0.2, 0.25) is 0 Å². The highest BCUT2D eigenvalue weighted by Crippen LogP contribution is 2.49. The maximum Gasteiger partial charge on any atom is 0.104 e. The van der Waals surface area contributed by atoms with Crippen LogP contribution in [0.25, 0.3) is 0 Å². The summed E-state index contributed by atoms with van der Waals surface area (Å²) in [6.07, 6.45) is 4.85. The van der Waals surface area contributed by atoms with Crippen molar-refractivity contribution in [1.29, 1.82) is 0 Å². The lowest BCUT2D eigenvalue weighted by atomic mass is 9.95. The second kappa shape index (κ2) is 2.45. The van der Waals surface area contributed by atoms with Gasteiger partial charge in [-0.15, -0.1) is 0 Å². The van der Waals surface area contributed by atoms with Crippen molar-refractivity contribution < 1.29 is 4.74 Å². The van der Waals surface area contributed by atoms with E-state index in [2.05, 4.69) is 43.2 Å². The summed E-state index contributed by atoms with van der Waals surface area (Å²) < 4.78 is 6.08. The van der Waals surface area contributed by atoms with Gasteiger partial charge in [0.1, 0.15) is 12.1 Å². The summed E-state index contributed by atoms with van der Waals surface area (Å²) in [5.41, 5.74) is -0.0586. The molecule has 1 fully saturated rings. The molecule has 4 unspecified atom stereocenters. The molecule has 1 aliphatic heterocycles. The molecule has 0 N–H and O–H groups in total. The SMILES string of the molecule is CC(C)(C)OC1C2C=CC1C1N=NC21. The van der Waals surface area contributed by atoms with Gasteiger partial charge >= 0.3 is 0 Å². The van der Waals surface area contributed by atoms with Gasteiger partial charge in [0.15, 0.2) is 0 Å². The fourth-order valence-electron chi connectivity index (χ4n) is 2.74. The normalized spacial score (nSPS) is 48.1. The van der Waals surface area contributed by atoms with Gasteiger partial charge in [-0.3, -0.25) is 0 Å². The van der Waals surface area contributed by atoms with E-state index in [1.807, 2.05) is 0 Å². The average molecular weight is 192 g/mol. The lowest BCUT2D eigenvalue weighted by molar-refractivity contribution is -0.0758. The smallest absolute Gasteiger partial charge is 0.104 e. The standard InChI is InChI=1S/C11H16N2O/c1-11(2,3)14-10-6-4-5-7(10)9-8(6)12-13-9/h4-10H,1-3H3. The summed E-state index contributed by atoms with van der Waals surface area (Å²) in [7, 11) is 0. The molecule has 2 bridgehead atoms. The summed E-state index contributed by atoms with van der Waals surface area (Å²) in [6.45, 7) is 6.34. The second-order valence-electron chi connectivity index (χ2n) is 5.45. The minimum atomic E-state index is -0.0586. The Kier molecular flexibility index (Phi) is 1.51.